The Balaban J connectivity index is 1.85. The molecule has 1 N–H and O–H groups in total. The van der Waals surface area contributed by atoms with E-state index >= 15 is 0 Å². The van der Waals surface area contributed by atoms with Gasteiger partial charge in [0.2, 0.25) is 5.95 Å². The van der Waals surface area contributed by atoms with Gasteiger partial charge in [0.1, 0.15) is 0 Å². The van der Waals surface area contributed by atoms with Gasteiger partial charge in [-0.15, -0.1) is 0 Å². The fraction of sp³-hybridized carbons (Fsp3) is 0.444. The zero-order valence-corrected chi connectivity index (χ0v) is 14.1. The molecule has 0 amide bonds. The molecule has 0 spiro atoms. The highest BCUT2D eigenvalue weighted by atomic mass is 16.4. The van der Waals surface area contributed by atoms with E-state index in [0.717, 1.165) is 48.1 Å². The Morgan fingerprint density at radius 2 is 2.00 bits per heavy atom. The summed E-state index contributed by atoms with van der Waals surface area (Å²) in [6.07, 6.45) is 2.63. The van der Waals surface area contributed by atoms with Gasteiger partial charge in [-0.05, 0) is 44.9 Å². The molecule has 1 atom stereocenters. The number of carboxylic acids is 1. The molecular formula is C18H22N4O2. The van der Waals surface area contributed by atoms with Crippen molar-refractivity contribution in [2.45, 2.75) is 45.6 Å². The summed E-state index contributed by atoms with van der Waals surface area (Å²) in [7, 11) is 0. The summed E-state index contributed by atoms with van der Waals surface area (Å²) in [5.41, 5.74) is 3.72. The molecule has 2 aromatic rings. The van der Waals surface area contributed by atoms with Crippen LogP contribution >= 0.6 is 0 Å². The average Bonchev–Trinajstić information content (AvgIpc) is 3.02. The van der Waals surface area contributed by atoms with Crippen molar-refractivity contribution in [1.82, 2.24) is 15.0 Å². The van der Waals surface area contributed by atoms with Crippen LogP contribution in [-0.4, -0.2) is 32.6 Å². The number of aryl methyl sites for hydroxylation is 3. The molecule has 1 aliphatic heterocycles. The van der Waals surface area contributed by atoms with Crippen molar-refractivity contribution in [3.05, 3.63) is 47.0 Å². The average molecular weight is 326 g/mol. The minimum atomic E-state index is -0.798. The van der Waals surface area contributed by atoms with E-state index in [0.29, 0.717) is 6.42 Å². The van der Waals surface area contributed by atoms with Gasteiger partial charge in [-0.3, -0.25) is 9.78 Å². The van der Waals surface area contributed by atoms with E-state index in [-0.39, 0.29) is 12.5 Å². The summed E-state index contributed by atoms with van der Waals surface area (Å²) >= 11 is 0. The molecule has 0 unspecified atom stereocenters. The van der Waals surface area contributed by atoms with Crippen LogP contribution in [-0.2, 0) is 11.2 Å². The van der Waals surface area contributed by atoms with Crippen molar-refractivity contribution in [1.29, 1.82) is 0 Å². The Hall–Kier alpha value is -2.50. The molecule has 0 saturated carbocycles. The fourth-order valence-corrected chi connectivity index (χ4v) is 3.21. The summed E-state index contributed by atoms with van der Waals surface area (Å²) < 4.78 is 0. The molecule has 3 heterocycles. The Morgan fingerprint density at radius 3 is 2.71 bits per heavy atom. The van der Waals surface area contributed by atoms with Crippen LogP contribution in [0.5, 0.6) is 0 Å². The van der Waals surface area contributed by atoms with Gasteiger partial charge in [0.15, 0.2) is 0 Å². The Labute approximate surface area is 141 Å². The molecule has 2 aromatic heterocycles. The fourth-order valence-electron chi connectivity index (χ4n) is 3.21. The van der Waals surface area contributed by atoms with Gasteiger partial charge >= 0.3 is 5.97 Å². The molecule has 1 fully saturated rings. The lowest BCUT2D eigenvalue weighted by molar-refractivity contribution is -0.136. The van der Waals surface area contributed by atoms with Gasteiger partial charge < -0.3 is 10.0 Å². The molecule has 0 aromatic carbocycles. The molecule has 3 rings (SSSR count). The first-order valence-electron chi connectivity index (χ1n) is 8.29. The highest BCUT2D eigenvalue weighted by molar-refractivity contribution is 5.66. The summed E-state index contributed by atoms with van der Waals surface area (Å²) in [5, 5.41) is 8.85. The second kappa shape index (κ2) is 6.95. The minimum Gasteiger partial charge on any atom is -0.481 e. The number of anilines is 1. The Bertz CT molecular complexity index is 727. The van der Waals surface area contributed by atoms with Crippen molar-refractivity contribution >= 4 is 11.9 Å². The number of hydrogen-bond donors (Lipinski definition) is 1. The number of hydrogen-bond acceptors (Lipinski definition) is 5. The maximum atomic E-state index is 10.8. The van der Waals surface area contributed by atoms with Crippen molar-refractivity contribution in [3.8, 4) is 0 Å². The van der Waals surface area contributed by atoms with Crippen LogP contribution in [0.2, 0.25) is 0 Å². The third-order valence-electron chi connectivity index (χ3n) is 4.24. The zero-order valence-electron chi connectivity index (χ0n) is 14.1. The molecule has 0 radical (unpaired) electrons. The predicted molar refractivity (Wildman–Crippen MR) is 91.0 cm³/mol. The maximum Gasteiger partial charge on any atom is 0.303 e. The molecule has 0 bridgehead atoms. The molecule has 0 aliphatic carbocycles. The Morgan fingerprint density at radius 1 is 1.25 bits per heavy atom. The second-order valence-electron chi connectivity index (χ2n) is 6.25. The van der Waals surface area contributed by atoms with E-state index in [1.165, 1.54) is 0 Å². The van der Waals surface area contributed by atoms with Crippen LogP contribution < -0.4 is 4.90 Å². The number of carbonyl (C=O) groups is 1. The van der Waals surface area contributed by atoms with E-state index in [1.807, 2.05) is 38.1 Å². The molecule has 1 saturated heterocycles. The number of aromatic nitrogens is 3. The quantitative estimate of drug-likeness (QED) is 0.910. The highest BCUT2D eigenvalue weighted by Gasteiger charge is 2.29. The molecule has 126 valence electrons. The predicted octanol–water partition coefficient (Wildman–Crippen LogP) is 2.85. The number of aliphatic carboxylic acids is 1. The molecule has 6 heteroatoms. The summed E-state index contributed by atoms with van der Waals surface area (Å²) in [6, 6.07) is 7.98. The minimum absolute atomic E-state index is 0.102. The van der Waals surface area contributed by atoms with Gasteiger partial charge in [0, 0.05) is 30.0 Å². The first-order valence-corrected chi connectivity index (χ1v) is 8.29. The summed E-state index contributed by atoms with van der Waals surface area (Å²) in [5.74, 6) is -0.0407. The van der Waals surface area contributed by atoms with Crippen LogP contribution in [0.15, 0.2) is 24.3 Å². The van der Waals surface area contributed by atoms with Gasteiger partial charge in [-0.1, -0.05) is 6.07 Å². The van der Waals surface area contributed by atoms with E-state index in [2.05, 4.69) is 19.9 Å². The number of carboxylic acid groups (broad SMARTS) is 1. The van der Waals surface area contributed by atoms with Gasteiger partial charge in [0.05, 0.1) is 18.2 Å². The van der Waals surface area contributed by atoms with Crippen LogP contribution in [0, 0.1) is 13.8 Å². The topological polar surface area (TPSA) is 79.2 Å². The van der Waals surface area contributed by atoms with E-state index in [1.54, 1.807) is 0 Å². The smallest absolute Gasteiger partial charge is 0.303 e. The first kappa shape index (κ1) is 16.4. The summed E-state index contributed by atoms with van der Waals surface area (Å²) in [4.78, 5) is 26.8. The highest BCUT2D eigenvalue weighted by Crippen LogP contribution is 2.33. The second-order valence-corrected chi connectivity index (χ2v) is 6.25. The van der Waals surface area contributed by atoms with E-state index in [4.69, 9.17) is 5.11 Å². The molecule has 6 nitrogen and oxygen atoms in total. The monoisotopic (exact) mass is 326 g/mol. The zero-order chi connectivity index (χ0) is 17.1. The van der Waals surface area contributed by atoms with Gasteiger partial charge in [-0.25, -0.2) is 9.97 Å². The SMILES string of the molecule is Cc1cc(C)nc(N2CCC[C@H]2c2cccc(CCC(=O)O)n2)n1. The van der Waals surface area contributed by atoms with Crippen LogP contribution in [0.3, 0.4) is 0 Å². The molecule has 24 heavy (non-hydrogen) atoms. The van der Waals surface area contributed by atoms with Gasteiger partial charge in [-0.2, -0.15) is 0 Å². The standard InChI is InChI=1S/C18H22N4O2/c1-12-11-13(2)20-18(19-12)22-10-4-7-16(22)15-6-3-5-14(21-15)8-9-17(23)24/h3,5-6,11,16H,4,7-10H2,1-2H3,(H,23,24)/t16-/m0/s1. The number of nitrogens with zero attached hydrogens (tertiary/aromatic N) is 4. The van der Waals surface area contributed by atoms with Crippen molar-refractivity contribution in [2.75, 3.05) is 11.4 Å². The van der Waals surface area contributed by atoms with E-state index < -0.39 is 5.97 Å². The van der Waals surface area contributed by atoms with Crippen LogP contribution in [0.25, 0.3) is 0 Å². The summed E-state index contributed by atoms with van der Waals surface area (Å²) in [6.45, 7) is 4.87. The largest absolute Gasteiger partial charge is 0.481 e. The first-order chi connectivity index (χ1) is 11.5. The van der Waals surface area contributed by atoms with Crippen molar-refractivity contribution < 1.29 is 9.90 Å². The van der Waals surface area contributed by atoms with Crippen LogP contribution in [0.1, 0.15) is 48.1 Å². The third-order valence-corrected chi connectivity index (χ3v) is 4.24. The van der Waals surface area contributed by atoms with Crippen molar-refractivity contribution in [2.24, 2.45) is 0 Å². The number of rotatable bonds is 5. The van der Waals surface area contributed by atoms with E-state index in [9.17, 15) is 4.79 Å². The third kappa shape index (κ3) is 3.69. The van der Waals surface area contributed by atoms with Crippen molar-refractivity contribution in [3.63, 3.8) is 0 Å². The lowest BCUT2D eigenvalue weighted by Crippen LogP contribution is -2.26. The number of pyridine rings is 1. The molecular weight excluding hydrogens is 304 g/mol. The Kier molecular flexibility index (Phi) is 4.74. The lowest BCUT2D eigenvalue weighted by Gasteiger charge is -2.25. The molecule has 1 aliphatic rings. The maximum absolute atomic E-state index is 10.8. The van der Waals surface area contributed by atoms with Gasteiger partial charge in [0.25, 0.3) is 0 Å². The van der Waals surface area contributed by atoms with Crippen LogP contribution in [0.4, 0.5) is 5.95 Å². The lowest BCUT2D eigenvalue weighted by atomic mass is 10.1. The normalized spacial score (nSPS) is 17.2.